The summed E-state index contributed by atoms with van der Waals surface area (Å²) in [6.07, 6.45) is 3.66. The Balaban J connectivity index is 1.52. The quantitative estimate of drug-likeness (QED) is 0.275. The molecule has 1 fully saturated rings. The van der Waals surface area contributed by atoms with Crippen molar-refractivity contribution in [3.8, 4) is 5.75 Å². The molecule has 0 radical (unpaired) electrons. The predicted octanol–water partition coefficient (Wildman–Crippen LogP) is 8.14. The van der Waals surface area contributed by atoms with E-state index in [0.29, 0.717) is 22.2 Å². The molecular formula is C33H36FN3O2S. The SMILES string of the molecule is CCCN1c2cc(F)c(/C=C3/SC(=Nc4ccccc4)N(Cc4ccc(OC)cc4)C3=O)cc2C(C)CC1(C)C. The summed E-state index contributed by atoms with van der Waals surface area (Å²) in [7, 11) is 1.63. The van der Waals surface area contributed by atoms with Gasteiger partial charge in [-0.05, 0) is 98.0 Å². The summed E-state index contributed by atoms with van der Waals surface area (Å²) in [6, 6.07) is 20.8. The number of hydrogen-bond acceptors (Lipinski definition) is 5. The second-order valence-electron chi connectivity index (χ2n) is 11.1. The molecule has 7 heteroatoms. The van der Waals surface area contributed by atoms with Crippen molar-refractivity contribution in [2.75, 3.05) is 18.6 Å². The van der Waals surface area contributed by atoms with Crippen molar-refractivity contribution < 1.29 is 13.9 Å². The van der Waals surface area contributed by atoms with Crippen LogP contribution in [0.1, 0.15) is 63.1 Å². The van der Waals surface area contributed by atoms with Crippen LogP contribution in [0, 0.1) is 5.82 Å². The van der Waals surface area contributed by atoms with Crippen molar-refractivity contribution in [2.24, 2.45) is 4.99 Å². The van der Waals surface area contributed by atoms with Gasteiger partial charge < -0.3 is 9.64 Å². The van der Waals surface area contributed by atoms with Crippen LogP contribution in [0.2, 0.25) is 0 Å². The number of carbonyl (C=O) groups excluding carboxylic acids is 1. The molecule has 5 rings (SSSR count). The van der Waals surface area contributed by atoms with E-state index in [9.17, 15) is 4.79 Å². The molecule has 5 nitrogen and oxygen atoms in total. The minimum Gasteiger partial charge on any atom is -0.497 e. The average Bonchev–Trinajstić information content (AvgIpc) is 3.21. The molecule has 208 valence electrons. The summed E-state index contributed by atoms with van der Waals surface area (Å²) < 4.78 is 20.9. The van der Waals surface area contributed by atoms with Gasteiger partial charge >= 0.3 is 0 Å². The molecule has 40 heavy (non-hydrogen) atoms. The highest BCUT2D eigenvalue weighted by molar-refractivity contribution is 8.18. The topological polar surface area (TPSA) is 45.1 Å². The Bertz CT molecular complexity index is 1450. The Morgan fingerprint density at radius 1 is 1.12 bits per heavy atom. The van der Waals surface area contributed by atoms with E-state index in [-0.39, 0.29) is 23.2 Å². The fourth-order valence-electron chi connectivity index (χ4n) is 5.68. The monoisotopic (exact) mass is 557 g/mol. The van der Waals surface area contributed by atoms with Gasteiger partial charge in [0.15, 0.2) is 5.17 Å². The van der Waals surface area contributed by atoms with Crippen LogP contribution in [0.25, 0.3) is 6.08 Å². The number of anilines is 1. The van der Waals surface area contributed by atoms with Gasteiger partial charge in [-0.15, -0.1) is 0 Å². The van der Waals surface area contributed by atoms with Gasteiger partial charge in [0.2, 0.25) is 0 Å². The number of benzene rings is 3. The Labute approximate surface area is 240 Å². The molecule has 1 amide bonds. The van der Waals surface area contributed by atoms with E-state index in [1.54, 1.807) is 24.2 Å². The van der Waals surface area contributed by atoms with Gasteiger partial charge in [-0.1, -0.05) is 44.2 Å². The third kappa shape index (κ3) is 5.66. The van der Waals surface area contributed by atoms with Crippen LogP contribution in [0.15, 0.2) is 76.6 Å². The maximum atomic E-state index is 15.7. The van der Waals surface area contributed by atoms with Crippen LogP contribution in [0.4, 0.5) is 15.8 Å². The number of amides is 1. The molecule has 1 saturated heterocycles. The molecule has 1 atom stereocenters. The number of thioether (sulfide) groups is 1. The van der Waals surface area contributed by atoms with E-state index in [2.05, 4.69) is 32.6 Å². The Morgan fingerprint density at radius 3 is 2.52 bits per heavy atom. The fourth-order valence-corrected chi connectivity index (χ4v) is 6.67. The maximum absolute atomic E-state index is 15.7. The molecule has 2 heterocycles. The Morgan fingerprint density at radius 2 is 1.85 bits per heavy atom. The first kappa shape index (κ1) is 28.0. The molecule has 0 bridgehead atoms. The van der Waals surface area contributed by atoms with Gasteiger partial charge in [-0.3, -0.25) is 9.69 Å². The second-order valence-corrected chi connectivity index (χ2v) is 12.1. The summed E-state index contributed by atoms with van der Waals surface area (Å²) in [5.41, 5.74) is 4.18. The zero-order chi connectivity index (χ0) is 28.4. The van der Waals surface area contributed by atoms with Crippen LogP contribution in [-0.2, 0) is 11.3 Å². The van der Waals surface area contributed by atoms with E-state index in [4.69, 9.17) is 9.73 Å². The third-order valence-electron chi connectivity index (χ3n) is 7.61. The standard InChI is InChI=1S/C33H36FN3O2S/c1-6-16-37-29-19-28(34)24(17-27(29)22(2)20-33(37,3)4)18-30-31(38)36(21-23-12-14-26(39-5)15-13-23)32(40-30)35-25-10-8-7-9-11-25/h7-15,17-19,22H,6,16,20-21H2,1-5H3/b30-18+,35-32?. The third-order valence-corrected chi connectivity index (χ3v) is 8.61. The lowest BCUT2D eigenvalue weighted by Gasteiger charge is -2.47. The van der Waals surface area contributed by atoms with Crippen LogP contribution < -0.4 is 9.64 Å². The minimum absolute atomic E-state index is 0.0448. The van der Waals surface area contributed by atoms with E-state index < -0.39 is 0 Å². The number of ether oxygens (including phenoxy) is 1. The van der Waals surface area contributed by atoms with Gasteiger partial charge in [-0.25, -0.2) is 9.38 Å². The highest BCUT2D eigenvalue weighted by Gasteiger charge is 2.37. The van der Waals surface area contributed by atoms with Crippen LogP contribution >= 0.6 is 11.8 Å². The fraction of sp³-hybridized carbons (Fsp3) is 0.333. The molecular weight excluding hydrogens is 521 g/mol. The number of nitrogens with zero attached hydrogens (tertiary/aromatic N) is 3. The number of rotatable bonds is 7. The van der Waals surface area contributed by atoms with E-state index >= 15 is 4.39 Å². The van der Waals surface area contributed by atoms with Crippen molar-refractivity contribution in [1.29, 1.82) is 0 Å². The predicted molar refractivity (Wildman–Crippen MR) is 164 cm³/mol. The van der Waals surface area contributed by atoms with Crippen molar-refractivity contribution in [1.82, 2.24) is 4.90 Å². The molecule has 3 aromatic rings. The molecule has 2 aliphatic heterocycles. The van der Waals surface area contributed by atoms with Crippen molar-refractivity contribution in [2.45, 2.75) is 58.5 Å². The smallest absolute Gasteiger partial charge is 0.267 e. The first-order chi connectivity index (χ1) is 19.2. The number of halogens is 1. The lowest BCUT2D eigenvalue weighted by Crippen LogP contribution is -2.48. The Kier molecular flexibility index (Phi) is 8.04. The molecule has 1 unspecified atom stereocenters. The lowest BCUT2D eigenvalue weighted by atomic mass is 9.79. The summed E-state index contributed by atoms with van der Waals surface area (Å²) in [4.78, 5) is 23.0. The lowest BCUT2D eigenvalue weighted by molar-refractivity contribution is -0.122. The maximum Gasteiger partial charge on any atom is 0.267 e. The number of para-hydroxylation sites is 1. The number of amidine groups is 1. The molecule has 0 spiro atoms. The number of aliphatic imine (C=N–C) groups is 1. The van der Waals surface area contributed by atoms with Gasteiger partial charge in [-0.2, -0.15) is 0 Å². The zero-order valence-electron chi connectivity index (χ0n) is 23.8. The second kappa shape index (κ2) is 11.5. The van der Waals surface area contributed by atoms with Crippen molar-refractivity contribution >= 4 is 40.3 Å². The number of methoxy groups -OCH3 is 1. The van der Waals surface area contributed by atoms with Crippen molar-refractivity contribution in [3.05, 3.63) is 94.1 Å². The van der Waals surface area contributed by atoms with E-state index in [1.165, 1.54) is 11.8 Å². The summed E-state index contributed by atoms with van der Waals surface area (Å²) in [6.45, 7) is 10.0. The molecule has 3 aromatic carbocycles. The van der Waals surface area contributed by atoms with Crippen LogP contribution in [-0.4, -0.2) is 35.2 Å². The number of fused-ring (bicyclic) bond motifs is 1. The molecule has 0 N–H and O–H groups in total. The molecule has 0 aromatic heterocycles. The molecule has 0 aliphatic carbocycles. The highest BCUT2D eigenvalue weighted by Crippen LogP contribution is 2.45. The van der Waals surface area contributed by atoms with Gasteiger partial charge in [0.1, 0.15) is 11.6 Å². The minimum atomic E-state index is -0.319. The summed E-state index contributed by atoms with van der Waals surface area (Å²) in [5.74, 6) is 0.530. The van der Waals surface area contributed by atoms with Gasteiger partial charge in [0, 0.05) is 23.3 Å². The van der Waals surface area contributed by atoms with Crippen LogP contribution in [0.3, 0.4) is 0 Å². The van der Waals surface area contributed by atoms with E-state index in [0.717, 1.165) is 47.6 Å². The summed E-state index contributed by atoms with van der Waals surface area (Å²) >= 11 is 1.28. The summed E-state index contributed by atoms with van der Waals surface area (Å²) in [5, 5.41) is 0.570. The van der Waals surface area contributed by atoms with Crippen molar-refractivity contribution in [3.63, 3.8) is 0 Å². The zero-order valence-corrected chi connectivity index (χ0v) is 24.6. The largest absolute Gasteiger partial charge is 0.497 e. The number of carbonyl (C=O) groups is 1. The molecule has 0 saturated carbocycles. The normalized spacial score (nSPS) is 20.4. The Hall–Kier alpha value is -3.58. The first-order valence-corrected chi connectivity index (χ1v) is 14.6. The average molecular weight is 558 g/mol. The number of hydrogen-bond donors (Lipinski definition) is 0. The van der Waals surface area contributed by atoms with E-state index in [1.807, 2.05) is 60.7 Å². The van der Waals surface area contributed by atoms with Gasteiger partial charge in [0.25, 0.3) is 5.91 Å². The highest BCUT2D eigenvalue weighted by atomic mass is 32.2. The first-order valence-electron chi connectivity index (χ1n) is 13.8. The van der Waals surface area contributed by atoms with Gasteiger partial charge in [0.05, 0.1) is 24.2 Å². The molecule has 2 aliphatic rings. The van der Waals surface area contributed by atoms with Crippen LogP contribution in [0.5, 0.6) is 5.75 Å².